The second-order valence-electron chi connectivity index (χ2n) is 7.06. The minimum Gasteiger partial charge on any atom is -0.460 e. The van der Waals surface area contributed by atoms with Crippen molar-refractivity contribution in [2.24, 2.45) is 0 Å². The second-order valence-corrected chi connectivity index (χ2v) is 7.06. The molecular weight excluding hydrogens is 438 g/mol. The van der Waals surface area contributed by atoms with Gasteiger partial charge in [-0.15, -0.1) is 0 Å². The van der Waals surface area contributed by atoms with E-state index >= 15 is 0 Å². The van der Waals surface area contributed by atoms with Crippen LogP contribution in [-0.2, 0) is 20.9 Å². The molecule has 0 atom stereocenters. The van der Waals surface area contributed by atoms with E-state index in [1.807, 2.05) is 18.2 Å². The van der Waals surface area contributed by atoms with Crippen LogP contribution in [-0.4, -0.2) is 29.3 Å². The molecule has 0 fully saturated rings. The maximum absolute atomic E-state index is 12.8. The molecule has 0 unspecified atom stereocenters. The molecule has 0 spiro atoms. The highest BCUT2D eigenvalue weighted by molar-refractivity contribution is 6.05. The number of hydrogen-bond donors (Lipinski definition) is 2. The monoisotopic (exact) mass is 459 g/mol. The van der Waals surface area contributed by atoms with E-state index < -0.39 is 29.3 Å². The van der Waals surface area contributed by atoms with Gasteiger partial charge in [-0.05, 0) is 29.3 Å². The average Bonchev–Trinajstić information content (AvgIpc) is 2.86. The first-order chi connectivity index (χ1) is 16.4. The zero-order valence-corrected chi connectivity index (χ0v) is 18.0. The van der Waals surface area contributed by atoms with E-state index in [-0.39, 0.29) is 18.0 Å². The van der Waals surface area contributed by atoms with Gasteiger partial charge < -0.3 is 15.4 Å². The Bertz CT molecular complexity index is 1210. The van der Waals surface area contributed by atoms with Crippen molar-refractivity contribution in [3.8, 4) is 0 Å². The summed E-state index contributed by atoms with van der Waals surface area (Å²) in [7, 11) is 0. The Kier molecular flexibility index (Phi) is 8.23. The topological polar surface area (TPSA) is 128 Å². The van der Waals surface area contributed by atoms with Crippen LogP contribution in [0.3, 0.4) is 0 Å². The normalized spacial score (nSPS) is 10.8. The van der Waals surface area contributed by atoms with Crippen molar-refractivity contribution in [1.82, 2.24) is 10.6 Å². The predicted molar refractivity (Wildman–Crippen MR) is 124 cm³/mol. The summed E-state index contributed by atoms with van der Waals surface area (Å²) < 4.78 is 5.13. The molecule has 0 heterocycles. The van der Waals surface area contributed by atoms with E-state index in [9.17, 15) is 24.5 Å². The number of esters is 1. The van der Waals surface area contributed by atoms with E-state index in [4.69, 9.17) is 4.74 Å². The van der Waals surface area contributed by atoms with Gasteiger partial charge in [0.25, 0.3) is 17.5 Å². The Morgan fingerprint density at radius 2 is 1.59 bits per heavy atom. The molecule has 0 saturated carbocycles. The molecule has 0 aliphatic heterocycles. The summed E-state index contributed by atoms with van der Waals surface area (Å²) >= 11 is 0. The van der Waals surface area contributed by atoms with Gasteiger partial charge in [-0.2, -0.15) is 0 Å². The Labute approximate surface area is 195 Å². The van der Waals surface area contributed by atoms with Crippen molar-refractivity contribution >= 4 is 29.5 Å². The number of nitro benzene ring substituents is 1. The Morgan fingerprint density at radius 1 is 0.912 bits per heavy atom. The fraction of sp³-hybridized carbons (Fsp3) is 0.0800. The summed E-state index contributed by atoms with van der Waals surface area (Å²) in [6, 6.07) is 22.8. The molecule has 3 aromatic rings. The van der Waals surface area contributed by atoms with Crippen LogP contribution in [0.2, 0.25) is 0 Å². The van der Waals surface area contributed by atoms with Crippen LogP contribution in [0.5, 0.6) is 0 Å². The number of non-ortho nitro benzene ring substituents is 1. The van der Waals surface area contributed by atoms with E-state index in [0.29, 0.717) is 11.1 Å². The van der Waals surface area contributed by atoms with Gasteiger partial charge in [-0.1, -0.05) is 60.7 Å². The molecular formula is C25H21N3O6. The summed E-state index contributed by atoms with van der Waals surface area (Å²) in [4.78, 5) is 47.9. The van der Waals surface area contributed by atoms with Gasteiger partial charge in [0, 0.05) is 17.7 Å². The number of nitrogens with one attached hydrogen (secondary N) is 2. The lowest BCUT2D eigenvalue weighted by atomic mass is 10.1. The molecule has 0 aliphatic rings. The minimum absolute atomic E-state index is 0.0522. The van der Waals surface area contributed by atoms with Gasteiger partial charge in [-0.25, -0.2) is 0 Å². The summed E-state index contributed by atoms with van der Waals surface area (Å²) in [6.45, 7) is -0.379. The van der Waals surface area contributed by atoms with Crippen molar-refractivity contribution < 1.29 is 24.0 Å². The second kappa shape index (κ2) is 11.7. The van der Waals surface area contributed by atoms with Crippen molar-refractivity contribution in [3.63, 3.8) is 0 Å². The lowest BCUT2D eigenvalue weighted by Crippen LogP contribution is -2.37. The quantitative estimate of drug-likeness (QED) is 0.219. The van der Waals surface area contributed by atoms with Crippen LogP contribution in [0.25, 0.3) is 6.08 Å². The maximum Gasteiger partial charge on any atom is 0.325 e. The fourth-order valence-corrected chi connectivity index (χ4v) is 2.87. The molecule has 0 aromatic heterocycles. The summed E-state index contributed by atoms with van der Waals surface area (Å²) in [5.74, 6) is -1.98. The Hall–Kier alpha value is -4.79. The fourth-order valence-electron chi connectivity index (χ4n) is 2.87. The molecule has 3 rings (SSSR count). The van der Waals surface area contributed by atoms with Gasteiger partial charge in [0.15, 0.2) is 0 Å². The van der Waals surface area contributed by atoms with E-state index in [1.54, 1.807) is 48.5 Å². The summed E-state index contributed by atoms with van der Waals surface area (Å²) in [6.07, 6.45) is 1.29. The van der Waals surface area contributed by atoms with Crippen LogP contribution in [0.4, 0.5) is 5.69 Å². The molecule has 0 saturated heterocycles. The lowest BCUT2D eigenvalue weighted by molar-refractivity contribution is -0.384. The molecule has 3 aromatic carbocycles. The number of nitrogens with zero attached hydrogens (tertiary/aromatic N) is 1. The highest BCUT2D eigenvalue weighted by Crippen LogP contribution is 2.15. The number of amides is 2. The summed E-state index contributed by atoms with van der Waals surface area (Å²) in [5, 5.41) is 16.0. The van der Waals surface area contributed by atoms with E-state index in [1.165, 1.54) is 24.3 Å². The highest BCUT2D eigenvalue weighted by Gasteiger charge is 2.17. The third kappa shape index (κ3) is 7.13. The number of nitro groups is 1. The van der Waals surface area contributed by atoms with Gasteiger partial charge in [0.05, 0.1) is 4.92 Å². The lowest BCUT2D eigenvalue weighted by Gasteiger charge is -2.11. The third-order valence-corrected chi connectivity index (χ3v) is 4.56. The molecule has 9 heteroatoms. The van der Waals surface area contributed by atoms with Gasteiger partial charge in [0.2, 0.25) is 0 Å². The largest absolute Gasteiger partial charge is 0.460 e. The summed E-state index contributed by atoms with van der Waals surface area (Å²) in [5.41, 5.74) is 1.06. The molecule has 34 heavy (non-hydrogen) atoms. The molecule has 2 N–H and O–H groups in total. The minimum atomic E-state index is -0.757. The van der Waals surface area contributed by atoms with Crippen molar-refractivity contribution in [2.45, 2.75) is 6.61 Å². The van der Waals surface area contributed by atoms with E-state index in [2.05, 4.69) is 10.6 Å². The van der Waals surface area contributed by atoms with Gasteiger partial charge in [0.1, 0.15) is 18.8 Å². The van der Waals surface area contributed by atoms with Crippen LogP contribution in [0, 0.1) is 10.1 Å². The maximum atomic E-state index is 12.8. The number of carbonyl (C=O) groups excluding carboxylic acids is 3. The van der Waals surface area contributed by atoms with Crippen LogP contribution >= 0.6 is 0 Å². The SMILES string of the molecule is O=C(CNC(=O)C(=Cc1cccc([N+](=O)[O-])c1)NC(=O)c1ccccc1)OCc1ccccc1. The number of rotatable bonds is 9. The van der Waals surface area contributed by atoms with Gasteiger partial charge in [-0.3, -0.25) is 24.5 Å². The molecule has 2 amide bonds. The molecule has 172 valence electrons. The van der Waals surface area contributed by atoms with Crippen molar-refractivity contribution in [2.75, 3.05) is 6.54 Å². The van der Waals surface area contributed by atoms with Crippen LogP contribution in [0.1, 0.15) is 21.5 Å². The van der Waals surface area contributed by atoms with Crippen LogP contribution in [0.15, 0.2) is 90.6 Å². The smallest absolute Gasteiger partial charge is 0.325 e. The zero-order valence-electron chi connectivity index (χ0n) is 18.0. The number of benzene rings is 3. The molecule has 9 nitrogen and oxygen atoms in total. The van der Waals surface area contributed by atoms with Gasteiger partial charge >= 0.3 is 5.97 Å². The highest BCUT2D eigenvalue weighted by atomic mass is 16.6. The molecule has 0 bridgehead atoms. The zero-order chi connectivity index (χ0) is 24.3. The number of ether oxygens (including phenoxy) is 1. The Morgan fingerprint density at radius 3 is 2.26 bits per heavy atom. The number of hydrogen-bond acceptors (Lipinski definition) is 6. The first-order valence-corrected chi connectivity index (χ1v) is 10.2. The standard InChI is InChI=1S/C25H21N3O6/c29-23(34-17-18-8-3-1-4-9-18)16-26-25(31)22(27-24(30)20-11-5-2-6-12-20)15-19-10-7-13-21(14-19)28(32)33/h1-15H,16-17H2,(H,26,31)(H,27,30). The third-order valence-electron chi connectivity index (χ3n) is 4.56. The van der Waals surface area contributed by atoms with Crippen LogP contribution < -0.4 is 10.6 Å². The average molecular weight is 459 g/mol. The first-order valence-electron chi connectivity index (χ1n) is 10.2. The van der Waals surface area contributed by atoms with Crippen molar-refractivity contribution in [3.05, 3.63) is 117 Å². The number of carbonyl (C=O) groups is 3. The van der Waals surface area contributed by atoms with E-state index in [0.717, 1.165) is 5.56 Å². The molecule has 0 radical (unpaired) electrons. The van der Waals surface area contributed by atoms with Crippen molar-refractivity contribution in [1.29, 1.82) is 0 Å². The predicted octanol–water partition coefficient (Wildman–Crippen LogP) is 3.23. The first kappa shape index (κ1) is 23.9. The Balaban J connectivity index is 1.72. The molecule has 0 aliphatic carbocycles.